The number of aryl methyl sites for hydroxylation is 1. The van der Waals surface area contributed by atoms with Gasteiger partial charge in [0.25, 0.3) is 5.91 Å². The average Bonchev–Trinajstić information content (AvgIpc) is 2.82. The minimum atomic E-state index is -0.0521. The van der Waals surface area contributed by atoms with Gasteiger partial charge in [-0.25, -0.2) is 0 Å². The van der Waals surface area contributed by atoms with E-state index in [0.717, 1.165) is 11.3 Å². The summed E-state index contributed by atoms with van der Waals surface area (Å²) in [4.78, 5) is 14.8. The third-order valence-electron chi connectivity index (χ3n) is 3.50. The zero-order chi connectivity index (χ0) is 17.1. The monoisotopic (exact) mass is 466 g/mol. The van der Waals surface area contributed by atoms with E-state index in [-0.39, 0.29) is 5.91 Å². The normalized spacial score (nSPS) is 16.1. The highest BCUT2D eigenvalue weighted by Crippen LogP contribution is 2.32. The van der Waals surface area contributed by atoms with E-state index in [2.05, 4.69) is 27.9 Å². The van der Waals surface area contributed by atoms with Gasteiger partial charge in [-0.3, -0.25) is 9.69 Å². The van der Waals surface area contributed by atoms with Gasteiger partial charge in [0, 0.05) is 9.26 Å². The molecule has 0 bridgehead atoms. The van der Waals surface area contributed by atoms with E-state index < -0.39 is 0 Å². The third kappa shape index (κ3) is 4.17. The number of carbonyl (C=O) groups excluding carboxylic acids is 1. The number of rotatable bonds is 4. The minimum absolute atomic E-state index is 0.0521. The molecule has 1 N–H and O–H groups in total. The molecule has 6 heteroatoms. The predicted octanol–water partition coefficient (Wildman–Crippen LogP) is 4.87. The van der Waals surface area contributed by atoms with Gasteiger partial charge in [0.15, 0.2) is 0 Å². The van der Waals surface area contributed by atoms with Crippen molar-refractivity contribution < 1.29 is 4.79 Å². The number of amides is 1. The Labute approximate surface area is 164 Å². The number of hydrogen-bond donors (Lipinski definition) is 1. The smallest absolute Gasteiger partial charge is 0.267 e. The molecule has 1 aliphatic rings. The number of benzene rings is 2. The highest BCUT2D eigenvalue weighted by Gasteiger charge is 2.31. The molecular weight excluding hydrogens is 451 g/mol. The minimum Gasteiger partial charge on any atom is -0.367 e. The molecule has 1 heterocycles. The van der Waals surface area contributed by atoms with Crippen molar-refractivity contribution in [2.24, 2.45) is 0 Å². The van der Waals surface area contributed by atoms with Crippen LogP contribution < -0.4 is 5.32 Å². The summed E-state index contributed by atoms with van der Waals surface area (Å²) < 4.78 is 1.75. The van der Waals surface area contributed by atoms with Gasteiger partial charge in [-0.1, -0.05) is 48.2 Å². The van der Waals surface area contributed by atoms with Crippen molar-refractivity contribution in [1.29, 1.82) is 0 Å². The first-order chi connectivity index (χ1) is 11.5. The fraction of sp³-hybridized carbons (Fsp3) is 0.111. The Morgan fingerprint density at radius 3 is 2.71 bits per heavy atom. The molecule has 1 amide bonds. The van der Waals surface area contributed by atoms with E-state index in [9.17, 15) is 4.79 Å². The first-order valence-corrected chi connectivity index (χ1v) is 9.65. The van der Waals surface area contributed by atoms with Crippen molar-refractivity contribution in [2.45, 2.75) is 6.92 Å². The highest BCUT2D eigenvalue weighted by atomic mass is 127. The summed E-state index contributed by atoms with van der Waals surface area (Å²) in [7, 11) is 0. The molecule has 1 fully saturated rings. The average molecular weight is 466 g/mol. The maximum atomic E-state index is 12.6. The quantitative estimate of drug-likeness (QED) is 0.396. The van der Waals surface area contributed by atoms with E-state index >= 15 is 0 Å². The van der Waals surface area contributed by atoms with E-state index in [1.165, 1.54) is 20.9 Å². The number of anilines is 1. The van der Waals surface area contributed by atoms with Crippen LogP contribution in [0.4, 0.5) is 5.69 Å². The van der Waals surface area contributed by atoms with Gasteiger partial charge in [-0.2, -0.15) is 0 Å². The van der Waals surface area contributed by atoms with Crippen molar-refractivity contribution >= 4 is 68.6 Å². The lowest BCUT2D eigenvalue weighted by atomic mass is 10.2. The summed E-state index contributed by atoms with van der Waals surface area (Å²) in [6.45, 7) is 2.41. The zero-order valence-electron chi connectivity index (χ0n) is 13.0. The molecule has 0 radical (unpaired) electrons. The summed E-state index contributed by atoms with van der Waals surface area (Å²) in [6, 6.07) is 16.1. The first-order valence-electron chi connectivity index (χ1n) is 7.34. The SMILES string of the molecule is Cc1cccc(NCN2C(=O)/C(=C\c3ccc(I)cc3)SC2=S)c1. The van der Waals surface area contributed by atoms with Crippen LogP contribution in [0.2, 0.25) is 0 Å². The van der Waals surface area contributed by atoms with Gasteiger partial charge in [-0.05, 0) is 71.0 Å². The van der Waals surface area contributed by atoms with Gasteiger partial charge >= 0.3 is 0 Å². The highest BCUT2D eigenvalue weighted by molar-refractivity contribution is 14.1. The number of carbonyl (C=O) groups is 1. The van der Waals surface area contributed by atoms with Crippen molar-refractivity contribution in [3.8, 4) is 0 Å². The fourth-order valence-corrected chi connectivity index (χ4v) is 3.89. The molecule has 2 aromatic carbocycles. The predicted molar refractivity (Wildman–Crippen MR) is 114 cm³/mol. The van der Waals surface area contributed by atoms with Crippen LogP contribution in [0.5, 0.6) is 0 Å². The Balaban J connectivity index is 1.71. The molecule has 0 aliphatic carbocycles. The maximum absolute atomic E-state index is 12.6. The molecule has 1 saturated heterocycles. The Morgan fingerprint density at radius 1 is 1.25 bits per heavy atom. The Bertz CT molecular complexity index is 818. The lowest BCUT2D eigenvalue weighted by Crippen LogP contribution is -2.33. The van der Waals surface area contributed by atoms with E-state index in [4.69, 9.17) is 12.2 Å². The third-order valence-corrected chi connectivity index (χ3v) is 5.60. The van der Waals surface area contributed by atoms with Crippen LogP contribution in [0.15, 0.2) is 53.4 Å². The number of thioether (sulfide) groups is 1. The van der Waals surface area contributed by atoms with E-state index in [1.807, 2.05) is 61.5 Å². The Hall–Kier alpha value is -1.38. The fourth-order valence-electron chi connectivity index (χ4n) is 2.27. The van der Waals surface area contributed by atoms with Crippen LogP contribution in [0, 0.1) is 10.5 Å². The molecule has 2 aromatic rings. The zero-order valence-corrected chi connectivity index (χ0v) is 16.7. The van der Waals surface area contributed by atoms with Crippen molar-refractivity contribution in [1.82, 2.24) is 4.90 Å². The molecule has 0 unspecified atom stereocenters. The summed E-state index contributed by atoms with van der Waals surface area (Å²) in [6.07, 6.45) is 1.89. The standard InChI is InChI=1S/C18H15IN2OS2/c1-12-3-2-4-15(9-12)20-11-21-17(22)16(24-18(21)23)10-13-5-7-14(19)8-6-13/h2-10,20H,11H2,1H3/b16-10+. The Morgan fingerprint density at radius 2 is 2.00 bits per heavy atom. The second-order valence-electron chi connectivity index (χ2n) is 5.37. The van der Waals surface area contributed by atoms with Crippen LogP contribution in [-0.2, 0) is 4.79 Å². The molecule has 0 aromatic heterocycles. The van der Waals surface area contributed by atoms with E-state index in [1.54, 1.807) is 4.90 Å². The summed E-state index contributed by atoms with van der Waals surface area (Å²) in [5.74, 6) is -0.0521. The lowest BCUT2D eigenvalue weighted by molar-refractivity contribution is -0.121. The second-order valence-corrected chi connectivity index (χ2v) is 8.29. The molecule has 1 aliphatic heterocycles. The summed E-state index contributed by atoms with van der Waals surface area (Å²) in [5, 5.41) is 3.26. The molecule has 0 saturated carbocycles. The number of thiocarbonyl (C=S) groups is 1. The summed E-state index contributed by atoms with van der Waals surface area (Å²) in [5.41, 5.74) is 3.15. The van der Waals surface area contributed by atoms with Crippen molar-refractivity contribution in [3.05, 3.63) is 68.1 Å². The number of nitrogens with zero attached hydrogens (tertiary/aromatic N) is 1. The van der Waals surface area contributed by atoms with Crippen LogP contribution in [0.3, 0.4) is 0 Å². The van der Waals surface area contributed by atoms with Crippen LogP contribution in [0.25, 0.3) is 6.08 Å². The van der Waals surface area contributed by atoms with Gasteiger partial charge in [-0.15, -0.1) is 0 Å². The largest absolute Gasteiger partial charge is 0.367 e. The maximum Gasteiger partial charge on any atom is 0.267 e. The number of hydrogen-bond acceptors (Lipinski definition) is 4. The number of halogens is 1. The topological polar surface area (TPSA) is 32.3 Å². The van der Waals surface area contributed by atoms with E-state index in [0.29, 0.717) is 15.9 Å². The van der Waals surface area contributed by atoms with Crippen LogP contribution in [0.1, 0.15) is 11.1 Å². The molecule has 3 rings (SSSR count). The van der Waals surface area contributed by atoms with Crippen molar-refractivity contribution in [3.63, 3.8) is 0 Å². The van der Waals surface area contributed by atoms with Gasteiger partial charge in [0.05, 0.1) is 11.6 Å². The molecule has 0 atom stereocenters. The lowest BCUT2D eigenvalue weighted by Gasteiger charge is -2.16. The van der Waals surface area contributed by atoms with Crippen molar-refractivity contribution in [2.75, 3.05) is 12.0 Å². The Kier molecular flexibility index (Phi) is 5.57. The summed E-state index contributed by atoms with van der Waals surface area (Å²) >= 11 is 8.97. The molecule has 122 valence electrons. The number of nitrogens with one attached hydrogen (secondary N) is 1. The van der Waals surface area contributed by atoms with Gasteiger partial charge < -0.3 is 5.32 Å². The van der Waals surface area contributed by atoms with Crippen LogP contribution >= 0.6 is 46.6 Å². The molecule has 0 spiro atoms. The molecule has 3 nitrogen and oxygen atoms in total. The van der Waals surface area contributed by atoms with Gasteiger partial charge in [0.2, 0.25) is 0 Å². The van der Waals surface area contributed by atoms with Crippen LogP contribution in [-0.4, -0.2) is 21.8 Å². The molecular formula is C18H15IN2OS2. The van der Waals surface area contributed by atoms with Gasteiger partial charge in [0.1, 0.15) is 4.32 Å². The second kappa shape index (κ2) is 7.67. The first kappa shape index (κ1) is 17.4. The molecule has 24 heavy (non-hydrogen) atoms.